The summed E-state index contributed by atoms with van der Waals surface area (Å²) < 4.78 is 8.03. The van der Waals surface area contributed by atoms with E-state index in [1.165, 1.54) is 22.4 Å². The van der Waals surface area contributed by atoms with Gasteiger partial charge in [0.2, 0.25) is 0 Å². The first-order chi connectivity index (χ1) is 13.5. The largest absolute Gasteiger partial charge is 0.370 e. The normalized spacial score (nSPS) is 17.2. The number of hydrogen-bond acceptors (Lipinski definition) is 3. The lowest BCUT2D eigenvalue weighted by molar-refractivity contribution is -0.00832. The van der Waals surface area contributed by atoms with Crippen LogP contribution in [-0.2, 0) is 18.2 Å². The predicted octanol–water partition coefficient (Wildman–Crippen LogP) is 3.54. The van der Waals surface area contributed by atoms with Crippen molar-refractivity contribution in [1.29, 1.82) is 0 Å². The first kappa shape index (κ1) is 23.7. The maximum absolute atomic E-state index is 6.08. The van der Waals surface area contributed by atoms with E-state index in [0.29, 0.717) is 6.61 Å². The Morgan fingerprint density at radius 2 is 2.03 bits per heavy atom. The molecular formula is C22H34IN5O. The second-order valence-electron chi connectivity index (χ2n) is 7.42. The SMILES string of the molecule is CCNC(=NCCc1c(C)nn(C)c1C)N1CCOC(c2ccccc2C)C1.I. The van der Waals surface area contributed by atoms with Crippen LogP contribution in [0, 0.1) is 20.8 Å². The number of aryl methyl sites for hydroxylation is 3. The van der Waals surface area contributed by atoms with E-state index in [1.807, 2.05) is 11.7 Å². The summed E-state index contributed by atoms with van der Waals surface area (Å²) in [4.78, 5) is 7.24. The van der Waals surface area contributed by atoms with Crippen molar-refractivity contribution in [3.05, 3.63) is 52.3 Å². The van der Waals surface area contributed by atoms with Crippen molar-refractivity contribution in [2.24, 2.45) is 12.0 Å². The third-order valence-corrected chi connectivity index (χ3v) is 5.52. The van der Waals surface area contributed by atoms with Gasteiger partial charge in [0.05, 0.1) is 18.8 Å². The molecule has 1 saturated heterocycles. The van der Waals surface area contributed by atoms with Gasteiger partial charge in [0.15, 0.2) is 5.96 Å². The van der Waals surface area contributed by atoms with E-state index in [4.69, 9.17) is 9.73 Å². The van der Waals surface area contributed by atoms with Gasteiger partial charge in [0, 0.05) is 32.4 Å². The van der Waals surface area contributed by atoms with Crippen molar-refractivity contribution < 1.29 is 4.74 Å². The molecule has 7 heteroatoms. The van der Waals surface area contributed by atoms with Gasteiger partial charge in [-0.3, -0.25) is 9.67 Å². The highest BCUT2D eigenvalue weighted by Crippen LogP contribution is 2.25. The zero-order valence-corrected chi connectivity index (χ0v) is 20.6. The number of nitrogens with zero attached hydrogens (tertiary/aromatic N) is 4. The number of aromatic nitrogens is 2. The monoisotopic (exact) mass is 511 g/mol. The van der Waals surface area contributed by atoms with Crippen LogP contribution in [0.15, 0.2) is 29.3 Å². The van der Waals surface area contributed by atoms with Crippen molar-refractivity contribution in [2.75, 3.05) is 32.8 Å². The van der Waals surface area contributed by atoms with Crippen LogP contribution >= 0.6 is 24.0 Å². The molecule has 1 atom stereocenters. The van der Waals surface area contributed by atoms with Crippen molar-refractivity contribution in [1.82, 2.24) is 20.0 Å². The van der Waals surface area contributed by atoms with Crippen LogP contribution in [0.2, 0.25) is 0 Å². The minimum atomic E-state index is 0. The first-order valence-electron chi connectivity index (χ1n) is 10.2. The molecule has 0 radical (unpaired) electrons. The van der Waals surface area contributed by atoms with E-state index in [9.17, 15) is 0 Å². The number of hydrogen-bond donors (Lipinski definition) is 1. The highest BCUT2D eigenvalue weighted by atomic mass is 127. The van der Waals surface area contributed by atoms with Gasteiger partial charge in [-0.25, -0.2) is 0 Å². The molecule has 1 aromatic heterocycles. The fourth-order valence-corrected chi connectivity index (χ4v) is 3.86. The lowest BCUT2D eigenvalue weighted by Crippen LogP contribution is -2.48. The molecule has 1 N–H and O–H groups in total. The Morgan fingerprint density at radius 1 is 1.28 bits per heavy atom. The van der Waals surface area contributed by atoms with E-state index in [0.717, 1.165) is 44.3 Å². The lowest BCUT2D eigenvalue weighted by Gasteiger charge is -2.35. The summed E-state index contributed by atoms with van der Waals surface area (Å²) >= 11 is 0. The van der Waals surface area contributed by atoms with E-state index in [1.54, 1.807) is 0 Å². The molecule has 1 aliphatic heterocycles. The fourth-order valence-electron chi connectivity index (χ4n) is 3.86. The zero-order valence-electron chi connectivity index (χ0n) is 18.2. The second-order valence-corrected chi connectivity index (χ2v) is 7.42. The summed E-state index contributed by atoms with van der Waals surface area (Å²) in [5.41, 5.74) is 6.18. The number of morpholine rings is 1. The van der Waals surface area contributed by atoms with Crippen LogP contribution in [0.4, 0.5) is 0 Å². The van der Waals surface area contributed by atoms with Gasteiger partial charge in [0.25, 0.3) is 0 Å². The molecule has 29 heavy (non-hydrogen) atoms. The zero-order chi connectivity index (χ0) is 20.1. The molecule has 1 aliphatic rings. The smallest absolute Gasteiger partial charge is 0.194 e. The Morgan fingerprint density at radius 3 is 2.69 bits per heavy atom. The van der Waals surface area contributed by atoms with Gasteiger partial charge < -0.3 is 15.0 Å². The summed E-state index contributed by atoms with van der Waals surface area (Å²) in [7, 11) is 2.00. The van der Waals surface area contributed by atoms with E-state index in [2.05, 4.69) is 67.3 Å². The first-order valence-corrected chi connectivity index (χ1v) is 10.2. The number of benzene rings is 1. The van der Waals surface area contributed by atoms with Crippen molar-refractivity contribution >= 4 is 29.9 Å². The summed E-state index contributed by atoms with van der Waals surface area (Å²) in [6.45, 7) is 12.5. The van der Waals surface area contributed by atoms with Crippen molar-refractivity contribution in [3.8, 4) is 0 Å². The Hall–Kier alpha value is -1.61. The van der Waals surface area contributed by atoms with Crippen LogP contribution in [0.1, 0.15) is 41.1 Å². The molecule has 1 fully saturated rings. The van der Waals surface area contributed by atoms with Gasteiger partial charge in [-0.1, -0.05) is 24.3 Å². The maximum Gasteiger partial charge on any atom is 0.194 e. The minimum absolute atomic E-state index is 0. The minimum Gasteiger partial charge on any atom is -0.370 e. The van der Waals surface area contributed by atoms with E-state index in [-0.39, 0.29) is 30.1 Å². The fraction of sp³-hybridized carbons (Fsp3) is 0.545. The van der Waals surface area contributed by atoms with E-state index < -0.39 is 0 Å². The number of guanidine groups is 1. The molecule has 1 unspecified atom stereocenters. The molecule has 0 spiro atoms. The maximum atomic E-state index is 6.08. The Bertz CT molecular complexity index is 833. The average Bonchev–Trinajstić information content (AvgIpc) is 2.93. The number of aliphatic imine (C=N–C) groups is 1. The Balaban J connectivity index is 0.00000300. The van der Waals surface area contributed by atoms with Gasteiger partial charge in [-0.2, -0.15) is 5.10 Å². The Kier molecular flexibility index (Phi) is 8.95. The topological polar surface area (TPSA) is 54.7 Å². The predicted molar refractivity (Wildman–Crippen MR) is 129 cm³/mol. The molecule has 2 aromatic rings. The van der Waals surface area contributed by atoms with Gasteiger partial charge in [0.1, 0.15) is 6.10 Å². The lowest BCUT2D eigenvalue weighted by atomic mass is 10.0. The molecule has 2 heterocycles. The number of halogens is 1. The van der Waals surface area contributed by atoms with Crippen LogP contribution in [0.3, 0.4) is 0 Å². The summed E-state index contributed by atoms with van der Waals surface area (Å²) in [6.07, 6.45) is 0.994. The third kappa shape index (κ3) is 5.72. The quantitative estimate of drug-likeness (QED) is 0.379. The summed E-state index contributed by atoms with van der Waals surface area (Å²) in [5, 5.41) is 7.97. The number of rotatable bonds is 5. The number of ether oxygens (including phenoxy) is 1. The van der Waals surface area contributed by atoms with Gasteiger partial charge >= 0.3 is 0 Å². The highest BCUT2D eigenvalue weighted by molar-refractivity contribution is 14.0. The van der Waals surface area contributed by atoms with Gasteiger partial charge in [-0.05, 0) is 50.8 Å². The van der Waals surface area contributed by atoms with Crippen molar-refractivity contribution in [3.63, 3.8) is 0 Å². The van der Waals surface area contributed by atoms with Gasteiger partial charge in [-0.15, -0.1) is 24.0 Å². The Labute approximate surface area is 191 Å². The summed E-state index contributed by atoms with van der Waals surface area (Å²) in [6, 6.07) is 8.48. The molecule has 160 valence electrons. The van der Waals surface area contributed by atoms with Crippen molar-refractivity contribution in [2.45, 2.75) is 40.2 Å². The molecule has 6 nitrogen and oxygen atoms in total. The molecular weight excluding hydrogens is 477 g/mol. The molecule has 0 saturated carbocycles. The van der Waals surface area contributed by atoms with Crippen LogP contribution in [-0.4, -0.2) is 53.4 Å². The third-order valence-electron chi connectivity index (χ3n) is 5.52. The molecule has 1 aromatic carbocycles. The molecule has 0 aliphatic carbocycles. The highest BCUT2D eigenvalue weighted by Gasteiger charge is 2.25. The average molecular weight is 511 g/mol. The van der Waals surface area contributed by atoms with Crippen LogP contribution in [0.25, 0.3) is 0 Å². The summed E-state index contributed by atoms with van der Waals surface area (Å²) in [5.74, 6) is 0.976. The van der Waals surface area contributed by atoms with Crippen LogP contribution < -0.4 is 5.32 Å². The van der Waals surface area contributed by atoms with Crippen LogP contribution in [0.5, 0.6) is 0 Å². The molecule has 3 rings (SSSR count). The molecule has 0 bridgehead atoms. The standard InChI is InChI=1S/C22H33N5O.HI/c1-6-23-22(24-12-11-20-17(3)25-26(5)18(20)4)27-13-14-28-21(15-27)19-10-8-7-9-16(19)2;/h7-10,21H,6,11-15H2,1-5H3,(H,23,24);1H. The van der Waals surface area contributed by atoms with E-state index >= 15 is 0 Å². The second kappa shape index (κ2) is 11.0. The molecule has 0 amide bonds. The number of nitrogens with one attached hydrogen (secondary N) is 1.